The van der Waals surface area contributed by atoms with Crippen LogP contribution in [-0.4, -0.2) is 58.9 Å². The van der Waals surface area contributed by atoms with Crippen LogP contribution in [-0.2, 0) is 9.47 Å². The Kier molecular flexibility index (Phi) is 6.15. The molecule has 0 N–H and O–H groups in total. The van der Waals surface area contributed by atoms with Crippen molar-refractivity contribution >= 4 is 7.25 Å². The molecule has 1 saturated heterocycles. The molecule has 0 aromatic carbocycles. The minimum atomic E-state index is -6.00. The van der Waals surface area contributed by atoms with Gasteiger partial charge in [0.2, 0.25) is 0 Å². The van der Waals surface area contributed by atoms with Crippen molar-refractivity contribution in [3.8, 4) is 0 Å². The SMILES string of the molecule is COC[N+]1(C)CCOCC1.F[B-](F)(F)F. The fourth-order valence-corrected chi connectivity index (χ4v) is 1.22. The van der Waals surface area contributed by atoms with Gasteiger partial charge in [-0.1, -0.05) is 0 Å². The molecule has 0 unspecified atom stereocenters. The molecule has 1 fully saturated rings. The average Bonchev–Trinajstić information content (AvgIpc) is 2.02. The first-order valence-corrected chi connectivity index (χ1v) is 4.54. The summed E-state index contributed by atoms with van der Waals surface area (Å²) in [5.74, 6) is 0. The number of nitrogens with zero attached hydrogens (tertiary/aromatic N) is 1. The minimum Gasteiger partial charge on any atom is -0.418 e. The van der Waals surface area contributed by atoms with Crippen LogP contribution in [0.5, 0.6) is 0 Å². The lowest BCUT2D eigenvalue weighted by Gasteiger charge is -2.36. The zero-order valence-corrected chi connectivity index (χ0v) is 8.89. The second kappa shape index (κ2) is 6.29. The summed E-state index contributed by atoms with van der Waals surface area (Å²) >= 11 is 0. The van der Waals surface area contributed by atoms with Crippen molar-refractivity contribution in [2.24, 2.45) is 0 Å². The van der Waals surface area contributed by atoms with E-state index in [1.807, 2.05) is 0 Å². The highest BCUT2D eigenvalue weighted by Gasteiger charge is 2.24. The summed E-state index contributed by atoms with van der Waals surface area (Å²) in [5, 5.41) is 0. The maximum atomic E-state index is 9.75. The third-order valence-electron chi connectivity index (χ3n) is 1.99. The first-order valence-electron chi connectivity index (χ1n) is 4.54. The molecule has 0 aromatic rings. The molecule has 0 aromatic heterocycles. The largest absolute Gasteiger partial charge is 0.673 e. The summed E-state index contributed by atoms with van der Waals surface area (Å²) in [5.41, 5.74) is 0. The summed E-state index contributed by atoms with van der Waals surface area (Å²) in [6.45, 7) is 4.71. The molecule has 1 rings (SSSR count). The van der Waals surface area contributed by atoms with Crippen molar-refractivity contribution in [3.63, 3.8) is 0 Å². The highest BCUT2D eigenvalue weighted by molar-refractivity contribution is 6.50. The van der Waals surface area contributed by atoms with E-state index in [4.69, 9.17) is 9.47 Å². The quantitative estimate of drug-likeness (QED) is 0.407. The summed E-state index contributed by atoms with van der Waals surface area (Å²) in [6.07, 6.45) is 0. The number of morpholine rings is 1. The van der Waals surface area contributed by atoms with Crippen LogP contribution >= 0.6 is 0 Å². The molecule has 92 valence electrons. The van der Waals surface area contributed by atoms with Gasteiger partial charge in [-0.25, -0.2) is 0 Å². The number of quaternary nitrogens is 1. The van der Waals surface area contributed by atoms with Gasteiger partial charge < -0.3 is 26.7 Å². The van der Waals surface area contributed by atoms with Crippen LogP contribution in [0.4, 0.5) is 17.3 Å². The van der Waals surface area contributed by atoms with E-state index in [9.17, 15) is 17.3 Å². The molecule has 0 spiro atoms. The molecule has 0 atom stereocenters. The lowest BCUT2D eigenvalue weighted by Crippen LogP contribution is -2.52. The number of hydrogen-bond acceptors (Lipinski definition) is 2. The molecule has 8 heteroatoms. The standard InChI is InChI=1S/C7H16NO2.BF4/c1-8(7-9-2)3-5-10-6-4-8;2-1(3,4)5/h3-7H2,1-2H3;/q+1;-1. The monoisotopic (exact) mass is 233 g/mol. The van der Waals surface area contributed by atoms with Crippen molar-refractivity contribution < 1.29 is 31.2 Å². The molecule has 0 radical (unpaired) electrons. The molecular weight excluding hydrogens is 217 g/mol. The maximum Gasteiger partial charge on any atom is 0.673 e. The molecule has 1 heterocycles. The smallest absolute Gasteiger partial charge is 0.418 e. The predicted octanol–water partition coefficient (Wildman–Crippen LogP) is 1.37. The molecule has 3 nitrogen and oxygen atoms in total. The molecule has 1 aliphatic rings. The van der Waals surface area contributed by atoms with E-state index in [1.54, 1.807) is 7.11 Å². The Morgan fingerprint density at radius 3 is 1.93 bits per heavy atom. The molecule has 15 heavy (non-hydrogen) atoms. The van der Waals surface area contributed by atoms with Crippen molar-refractivity contribution in [2.75, 3.05) is 47.2 Å². The summed E-state index contributed by atoms with van der Waals surface area (Å²) < 4.78 is 50.3. The highest BCUT2D eigenvalue weighted by atomic mass is 19.5. The third-order valence-corrected chi connectivity index (χ3v) is 1.99. The first kappa shape index (κ1) is 14.7. The molecule has 1 aliphatic heterocycles. The van der Waals surface area contributed by atoms with E-state index in [1.165, 1.54) is 0 Å². The number of methoxy groups -OCH3 is 1. The van der Waals surface area contributed by atoms with Gasteiger partial charge in [0.1, 0.15) is 13.1 Å². The summed E-state index contributed by atoms with van der Waals surface area (Å²) in [4.78, 5) is 0. The van der Waals surface area contributed by atoms with Crippen LogP contribution in [0.2, 0.25) is 0 Å². The van der Waals surface area contributed by atoms with Crippen LogP contribution in [0.1, 0.15) is 0 Å². The van der Waals surface area contributed by atoms with Gasteiger partial charge in [-0.15, -0.1) is 0 Å². The van der Waals surface area contributed by atoms with Crippen molar-refractivity contribution in [1.29, 1.82) is 0 Å². The van der Waals surface area contributed by atoms with Crippen LogP contribution in [0.25, 0.3) is 0 Å². The van der Waals surface area contributed by atoms with Gasteiger partial charge in [0.05, 0.1) is 20.3 Å². The fourth-order valence-electron chi connectivity index (χ4n) is 1.22. The van der Waals surface area contributed by atoms with E-state index in [2.05, 4.69) is 7.05 Å². The van der Waals surface area contributed by atoms with Gasteiger partial charge in [0.25, 0.3) is 0 Å². The minimum absolute atomic E-state index is 0.809. The van der Waals surface area contributed by atoms with Gasteiger partial charge in [-0.2, -0.15) is 0 Å². The van der Waals surface area contributed by atoms with Crippen molar-refractivity contribution in [3.05, 3.63) is 0 Å². The Labute approximate surface area is 86.6 Å². The number of ether oxygens (including phenoxy) is 2. The van der Waals surface area contributed by atoms with Crippen LogP contribution < -0.4 is 0 Å². The van der Waals surface area contributed by atoms with E-state index >= 15 is 0 Å². The Balaban J connectivity index is 0.000000336. The summed E-state index contributed by atoms with van der Waals surface area (Å²) in [6, 6.07) is 0. The molecule has 0 aliphatic carbocycles. The maximum absolute atomic E-state index is 9.75. The Morgan fingerprint density at radius 2 is 1.60 bits per heavy atom. The van der Waals surface area contributed by atoms with Crippen molar-refractivity contribution in [2.45, 2.75) is 0 Å². The molecule has 0 amide bonds. The Bertz CT molecular complexity index is 161. The van der Waals surface area contributed by atoms with Crippen LogP contribution in [0.3, 0.4) is 0 Å². The zero-order valence-electron chi connectivity index (χ0n) is 8.89. The van der Waals surface area contributed by atoms with E-state index in [-0.39, 0.29) is 0 Å². The Morgan fingerprint density at radius 1 is 1.20 bits per heavy atom. The average molecular weight is 233 g/mol. The Hall–Kier alpha value is -0.335. The van der Waals surface area contributed by atoms with Gasteiger partial charge in [0.15, 0.2) is 6.73 Å². The topological polar surface area (TPSA) is 18.5 Å². The number of halogens is 4. The van der Waals surface area contributed by atoms with Gasteiger partial charge in [0, 0.05) is 7.11 Å². The normalized spacial score (nSPS) is 20.4. The van der Waals surface area contributed by atoms with Crippen LogP contribution in [0.15, 0.2) is 0 Å². The van der Waals surface area contributed by atoms with E-state index < -0.39 is 7.25 Å². The number of likely N-dealkylation sites (N-methyl/N-ethyl adjacent to an activating group) is 1. The lowest BCUT2D eigenvalue weighted by molar-refractivity contribution is -0.934. The second-order valence-electron chi connectivity index (χ2n) is 3.59. The van der Waals surface area contributed by atoms with E-state index in [0.717, 1.165) is 37.5 Å². The van der Waals surface area contributed by atoms with Crippen LogP contribution in [0, 0.1) is 0 Å². The zero-order chi connectivity index (χ0) is 11.9. The second-order valence-corrected chi connectivity index (χ2v) is 3.59. The fraction of sp³-hybridized carbons (Fsp3) is 1.00. The van der Waals surface area contributed by atoms with Gasteiger partial charge in [-0.05, 0) is 0 Å². The van der Waals surface area contributed by atoms with E-state index in [0.29, 0.717) is 0 Å². The van der Waals surface area contributed by atoms with Gasteiger partial charge in [-0.3, -0.25) is 4.48 Å². The number of hydrogen-bond donors (Lipinski definition) is 0. The summed E-state index contributed by atoms with van der Waals surface area (Å²) in [7, 11) is -2.05. The van der Waals surface area contributed by atoms with Crippen molar-refractivity contribution in [1.82, 2.24) is 0 Å². The molecular formula is C7H16BF4NO2. The van der Waals surface area contributed by atoms with Gasteiger partial charge >= 0.3 is 7.25 Å². The highest BCUT2D eigenvalue weighted by Crippen LogP contribution is 2.07. The predicted molar refractivity (Wildman–Crippen MR) is 48.8 cm³/mol. The molecule has 0 saturated carbocycles. The lowest BCUT2D eigenvalue weighted by atomic mass is 10.3. The third kappa shape index (κ3) is 9.96. The number of rotatable bonds is 2. The first-order chi connectivity index (χ1) is 6.77. The molecule has 0 bridgehead atoms.